The molecule has 2 aromatic heterocycles. The van der Waals surface area contributed by atoms with Crippen LogP contribution in [-0.4, -0.2) is 26.8 Å². The number of nitrogens with one attached hydrogen (secondary N) is 1. The Bertz CT molecular complexity index is 481. The predicted molar refractivity (Wildman–Crippen MR) is 64.7 cm³/mol. The van der Waals surface area contributed by atoms with Crippen LogP contribution in [0.25, 0.3) is 10.8 Å². The second-order valence-corrected chi connectivity index (χ2v) is 4.51. The van der Waals surface area contributed by atoms with Gasteiger partial charge in [-0.15, -0.1) is 15.3 Å². The summed E-state index contributed by atoms with van der Waals surface area (Å²) in [5.41, 5.74) is 0.935. The summed E-state index contributed by atoms with van der Waals surface area (Å²) in [6.45, 7) is 4.07. The van der Waals surface area contributed by atoms with Crippen molar-refractivity contribution in [3.8, 4) is 10.8 Å². The van der Waals surface area contributed by atoms with E-state index in [1.807, 2.05) is 14.0 Å². The normalized spacial score (nSPS) is 12.9. The smallest absolute Gasteiger partial charge is 0.261 e. The minimum absolute atomic E-state index is 0.0479. The van der Waals surface area contributed by atoms with Crippen molar-refractivity contribution in [3.63, 3.8) is 0 Å². The maximum Gasteiger partial charge on any atom is 0.261 e. The van der Waals surface area contributed by atoms with Crippen molar-refractivity contribution in [1.82, 2.24) is 25.1 Å². The highest BCUT2D eigenvalue weighted by molar-refractivity contribution is 7.09. The zero-order valence-electron chi connectivity index (χ0n) is 10.1. The van der Waals surface area contributed by atoms with E-state index in [-0.39, 0.29) is 6.04 Å². The molecule has 0 amide bonds. The van der Waals surface area contributed by atoms with Gasteiger partial charge in [-0.1, -0.05) is 17.8 Å². The van der Waals surface area contributed by atoms with Gasteiger partial charge in [0.1, 0.15) is 4.88 Å². The van der Waals surface area contributed by atoms with Gasteiger partial charge in [0.15, 0.2) is 0 Å². The number of nitrogens with zero attached hydrogens (tertiary/aromatic N) is 4. The molecular formula is C10H15N5OS. The Balaban J connectivity index is 2.27. The van der Waals surface area contributed by atoms with Crippen molar-refractivity contribution in [2.45, 2.75) is 32.7 Å². The number of aromatic nitrogens is 4. The highest BCUT2D eigenvalue weighted by Crippen LogP contribution is 2.26. The largest absolute Gasteiger partial charge is 0.418 e. The van der Waals surface area contributed by atoms with Crippen LogP contribution < -0.4 is 5.32 Å². The Labute approximate surface area is 104 Å². The third-order valence-electron chi connectivity index (χ3n) is 2.48. The third-order valence-corrected chi connectivity index (χ3v) is 3.24. The highest BCUT2D eigenvalue weighted by atomic mass is 32.1. The minimum atomic E-state index is 0.0479. The van der Waals surface area contributed by atoms with E-state index in [2.05, 4.69) is 32.0 Å². The van der Waals surface area contributed by atoms with Gasteiger partial charge in [-0.05, 0) is 31.9 Å². The van der Waals surface area contributed by atoms with Crippen molar-refractivity contribution >= 4 is 11.5 Å². The van der Waals surface area contributed by atoms with Crippen LogP contribution in [-0.2, 0) is 6.42 Å². The lowest BCUT2D eigenvalue weighted by Crippen LogP contribution is -2.12. The summed E-state index contributed by atoms with van der Waals surface area (Å²) in [5.74, 6) is 1.10. The molecule has 0 aromatic carbocycles. The van der Waals surface area contributed by atoms with Crippen LogP contribution in [0.2, 0.25) is 0 Å². The second kappa shape index (κ2) is 5.33. The van der Waals surface area contributed by atoms with Crippen molar-refractivity contribution < 1.29 is 4.42 Å². The number of hydrogen-bond acceptors (Lipinski definition) is 7. The molecule has 2 rings (SSSR count). The Morgan fingerprint density at radius 2 is 2.18 bits per heavy atom. The Morgan fingerprint density at radius 3 is 2.88 bits per heavy atom. The van der Waals surface area contributed by atoms with Gasteiger partial charge in [0.25, 0.3) is 5.89 Å². The first-order chi connectivity index (χ1) is 8.26. The lowest BCUT2D eigenvalue weighted by molar-refractivity contribution is 0.441. The molecule has 0 aliphatic heterocycles. The fourth-order valence-electron chi connectivity index (χ4n) is 1.40. The first-order valence-corrected chi connectivity index (χ1v) is 6.35. The Morgan fingerprint density at radius 1 is 1.35 bits per heavy atom. The molecule has 0 spiro atoms. The van der Waals surface area contributed by atoms with Crippen LogP contribution in [0.1, 0.15) is 37.9 Å². The van der Waals surface area contributed by atoms with Crippen molar-refractivity contribution in [2.24, 2.45) is 0 Å². The third kappa shape index (κ3) is 2.50. The SMILES string of the molecule is CCCc1nnsc1-c1nnc(C(C)NC)o1. The van der Waals surface area contributed by atoms with E-state index in [4.69, 9.17) is 4.42 Å². The van der Waals surface area contributed by atoms with E-state index in [0.29, 0.717) is 11.8 Å². The molecule has 0 aliphatic carbocycles. The summed E-state index contributed by atoms with van der Waals surface area (Å²) >= 11 is 1.30. The average molecular weight is 253 g/mol. The highest BCUT2D eigenvalue weighted by Gasteiger charge is 2.18. The van der Waals surface area contributed by atoms with E-state index in [9.17, 15) is 0 Å². The van der Waals surface area contributed by atoms with E-state index < -0.39 is 0 Å². The maximum atomic E-state index is 5.61. The number of aryl methyl sites for hydroxylation is 1. The van der Waals surface area contributed by atoms with Crippen molar-refractivity contribution in [2.75, 3.05) is 7.05 Å². The summed E-state index contributed by atoms with van der Waals surface area (Å²) in [7, 11) is 1.85. The lowest BCUT2D eigenvalue weighted by Gasteiger charge is -2.02. The molecular weight excluding hydrogens is 238 g/mol. The molecule has 6 nitrogen and oxygen atoms in total. The first kappa shape index (κ1) is 12.1. The molecule has 7 heteroatoms. The van der Waals surface area contributed by atoms with E-state index >= 15 is 0 Å². The van der Waals surface area contributed by atoms with Crippen molar-refractivity contribution in [3.05, 3.63) is 11.6 Å². The predicted octanol–water partition coefficient (Wildman–Crippen LogP) is 1.82. The quantitative estimate of drug-likeness (QED) is 0.875. The molecule has 0 bridgehead atoms. The number of rotatable bonds is 5. The van der Waals surface area contributed by atoms with Crippen molar-refractivity contribution in [1.29, 1.82) is 0 Å². The van der Waals surface area contributed by atoms with Gasteiger partial charge in [-0.3, -0.25) is 0 Å². The molecule has 1 unspecified atom stereocenters. The van der Waals surface area contributed by atoms with Gasteiger partial charge in [-0.2, -0.15) is 0 Å². The topological polar surface area (TPSA) is 76.7 Å². The summed E-state index contributed by atoms with van der Waals surface area (Å²) in [6, 6.07) is 0.0479. The molecule has 0 saturated heterocycles. The van der Waals surface area contributed by atoms with Crippen LogP contribution in [0, 0.1) is 0 Å². The second-order valence-electron chi connectivity index (χ2n) is 3.75. The van der Waals surface area contributed by atoms with Gasteiger partial charge in [-0.25, -0.2) is 0 Å². The fraction of sp³-hybridized carbons (Fsp3) is 0.600. The summed E-state index contributed by atoms with van der Waals surface area (Å²) in [5, 5.41) is 15.2. The molecule has 2 heterocycles. The Hall–Kier alpha value is -1.34. The van der Waals surface area contributed by atoms with Gasteiger partial charge in [0.2, 0.25) is 5.89 Å². The molecule has 1 N–H and O–H groups in total. The van der Waals surface area contributed by atoms with Gasteiger partial charge < -0.3 is 9.73 Å². The van der Waals surface area contributed by atoms with Crippen LogP contribution >= 0.6 is 11.5 Å². The molecule has 1 atom stereocenters. The molecule has 17 heavy (non-hydrogen) atoms. The fourth-order valence-corrected chi connectivity index (χ4v) is 2.03. The van der Waals surface area contributed by atoms with Gasteiger partial charge in [0, 0.05) is 0 Å². The summed E-state index contributed by atoms with van der Waals surface area (Å²) < 4.78 is 9.55. The van der Waals surface area contributed by atoms with Gasteiger partial charge >= 0.3 is 0 Å². The monoisotopic (exact) mass is 253 g/mol. The minimum Gasteiger partial charge on any atom is -0.418 e. The molecule has 0 fully saturated rings. The molecule has 0 radical (unpaired) electrons. The average Bonchev–Trinajstić information content (AvgIpc) is 2.96. The maximum absolute atomic E-state index is 5.61. The van der Waals surface area contributed by atoms with Crippen LogP contribution in [0.3, 0.4) is 0 Å². The van der Waals surface area contributed by atoms with Crippen LogP contribution in [0.15, 0.2) is 4.42 Å². The summed E-state index contributed by atoms with van der Waals surface area (Å²) in [6.07, 6.45) is 1.90. The Kier molecular flexibility index (Phi) is 3.80. The van der Waals surface area contributed by atoms with Crippen LogP contribution in [0.4, 0.5) is 0 Å². The summed E-state index contributed by atoms with van der Waals surface area (Å²) in [4.78, 5) is 0.883. The van der Waals surface area contributed by atoms with Crippen LogP contribution in [0.5, 0.6) is 0 Å². The van der Waals surface area contributed by atoms with E-state index in [1.54, 1.807) is 0 Å². The standard InChI is InChI=1S/C10H15N5OS/c1-4-5-7-8(17-15-12-7)10-14-13-9(16-10)6(2)11-3/h6,11H,4-5H2,1-3H3. The molecule has 0 aliphatic rings. The van der Waals surface area contributed by atoms with E-state index in [1.165, 1.54) is 11.5 Å². The number of hydrogen-bond donors (Lipinski definition) is 1. The van der Waals surface area contributed by atoms with E-state index in [0.717, 1.165) is 23.4 Å². The lowest BCUT2D eigenvalue weighted by atomic mass is 10.2. The zero-order chi connectivity index (χ0) is 12.3. The van der Waals surface area contributed by atoms with Gasteiger partial charge in [0.05, 0.1) is 11.7 Å². The first-order valence-electron chi connectivity index (χ1n) is 5.58. The molecule has 92 valence electrons. The zero-order valence-corrected chi connectivity index (χ0v) is 10.9. The molecule has 2 aromatic rings. The molecule has 0 saturated carbocycles.